The third-order valence-corrected chi connectivity index (χ3v) is 4.80. The van der Waals surface area contributed by atoms with Crippen molar-refractivity contribution in [3.63, 3.8) is 0 Å². The Morgan fingerprint density at radius 2 is 2.00 bits per heavy atom. The van der Waals surface area contributed by atoms with E-state index < -0.39 is 5.91 Å². The van der Waals surface area contributed by atoms with Gasteiger partial charge in [0.25, 0.3) is 0 Å². The van der Waals surface area contributed by atoms with E-state index in [1.165, 1.54) is 22.6 Å². The number of amides is 1. The molecule has 2 aromatic carbocycles. The highest BCUT2D eigenvalue weighted by molar-refractivity contribution is 7.22. The molecule has 0 aliphatic carbocycles. The number of carbonyl (C=O) groups excluding carboxylic acids is 1. The zero-order valence-corrected chi connectivity index (χ0v) is 14.9. The van der Waals surface area contributed by atoms with Gasteiger partial charge in [0.2, 0.25) is 5.13 Å². The quantitative estimate of drug-likeness (QED) is 0.359. The van der Waals surface area contributed by atoms with Crippen molar-refractivity contribution < 1.29 is 9.21 Å². The molecular formula is C19H12ClN3O2S. The first-order valence-corrected chi connectivity index (χ1v) is 8.93. The maximum Gasteiger partial charge on any atom is 0.316 e. The van der Waals surface area contributed by atoms with Crippen LogP contribution in [0.5, 0.6) is 0 Å². The minimum atomic E-state index is -0.396. The van der Waals surface area contributed by atoms with Crippen LogP contribution < -0.4 is 5.01 Å². The number of benzene rings is 2. The summed E-state index contributed by atoms with van der Waals surface area (Å²) >= 11 is 7.38. The lowest BCUT2D eigenvalue weighted by molar-refractivity contribution is 0.0961. The van der Waals surface area contributed by atoms with E-state index >= 15 is 0 Å². The Bertz CT molecular complexity index is 1070. The first-order valence-electron chi connectivity index (χ1n) is 7.74. The fourth-order valence-corrected chi connectivity index (χ4v) is 3.53. The Labute approximate surface area is 158 Å². The van der Waals surface area contributed by atoms with E-state index in [9.17, 15) is 4.79 Å². The molecule has 128 valence electrons. The summed E-state index contributed by atoms with van der Waals surface area (Å²) in [4.78, 5) is 17.3. The number of rotatable bonds is 4. The summed E-state index contributed by atoms with van der Waals surface area (Å²) in [5.41, 5.74) is 1.62. The Kier molecular flexibility index (Phi) is 4.51. The maximum atomic E-state index is 12.8. The summed E-state index contributed by atoms with van der Waals surface area (Å²) in [6.07, 6.45) is 3.06. The normalized spacial score (nSPS) is 11.3. The highest BCUT2D eigenvalue weighted by Gasteiger charge is 2.23. The van der Waals surface area contributed by atoms with E-state index in [0.29, 0.717) is 10.2 Å². The smallest absolute Gasteiger partial charge is 0.316 e. The summed E-state index contributed by atoms with van der Waals surface area (Å²) < 4.78 is 6.11. The summed E-state index contributed by atoms with van der Waals surface area (Å²) in [5, 5.41) is 6.65. The highest BCUT2D eigenvalue weighted by atomic mass is 35.5. The number of furan rings is 1. The summed E-state index contributed by atoms with van der Waals surface area (Å²) in [7, 11) is 0. The van der Waals surface area contributed by atoms with Gasteiger partial charge in [0.1, 0.15) is 0 Å². The Morgan fingerprint density at radius 1 is 1.15 bits per heavy atom. The summed E-state index contributed by atoms with van der Waals surface area (Å²) in [5.74, 6) is -0.208. The van der Waals surface area contributed by atoms with Gasteiger partial charge in [-0.15, -0.1) is 0 Å². The van der Waals surface area contributed by atoms with Gasteiger partial charge in [0.15, 0.2) is 5.76 Å². The predicted molar refractivity (Wildman–Crippen MR) is 104 cm³/mol. The molecule has 26 heavy (non-hydrogen) atoms. The molecule has 0 saturated carbocycles. The van der Waals surface area contributed by atoms with Crippen LogP contribution in [0.2, 0.25) is 5.02 Å². The van der Waals surface area contributed by atoms with Crippen LogP contribution in [0.25, 0.3) is 10.2 Å². The number of thiazole rings is 1. The minimum Gasteiger partial charge on any atom is -0.459 e. The number of anilines is 1. The number of fused-ring (bicyclic) bond motifs is 1. The van der Waals surface area contributed by atoms with Crippen molar-refractivity contribution >= 4 is 50.4 Å². The second-order valence-electron chi connectivity index (χ2n) is 5.36. The largest absolute Gasteiger partial charge is 0.459 e. The third kappa shape index (κ3) is 3.37. The predicted octanol–water partition coefficient (Wildman–Crippen LogP) is 5.22. The first-order chi connectivity index (χ1) is 12.7. The van der Waals surface area contributed by atoms with E-state index in [1.807, 2.05) is 42.5 Å². The lowest BCUT2D eigenvalue weighted by Crippen LogP contribution is -2.25. The lowest BCUT2D eigenvalue weighted by atomic mass is 10.2. The average molecular weight is 382 g/mol. The number of aromatic nitrogens is 1. The minimum absolute atomic E-state index is 0.188. The van der Waals surface area contributed by atoms with E-state index in [1.54, 1.807) is 24.4 Å². The topological polar surface area (TPSA) is 58.7 Å². The molecule has 0 radical (unpaired) electrons. The van der Waals surface area contributed by atoms with Gasteiger partial charge in [0, 0.05) is 5.02 Å². The van der Waals surface area contributed by atoms with Gasteiger partial charge in [-0.1, -0.05) is 53.3 Å². The number of nitrogens with zero attached hydrogens (tertiary/aromatic N) is 3. The second-order valence-corrected chi connectivity index (χ2v) is 6.80. The summed E-state index contributed by atoms with van der Waals surface area (Å²) in [6, 6.07) is 18.2. The van der Waals surface area contributed by atoms with Gasteiger partial charge in [-0.25, -0.2) is 4.98 Å². The van der Waals surface area contributed by atoms with Crippen LogP contribution in [0.4, 0.5) is 5.13 Å². The monoisotopic (exact) mass is 381 g/mol. The number of hydrogen-bond acceptors (Lipinski definition) is 5. The van der Waals surface area contributed by atoms with Gasteiger partial charge in [-0.3, -0.25) is 4.79 Å². The molecule has 0 saturated heterocycles. The molecule has 0 N–H and O–H groups in total. The standard InChI is InChI=1S/C19H12ClN3O2S/c20-14-8-9-15-17(11-14)26-19(22-15)23(18(24)16-7-4-10-25-16)21-12-13-5-2-1-3-6-13/h1-12H/b21-12-. The lowest BCUT2D eigenvalue weighted by Gasteiger charge is -2.11. The molecule has 0 atom stereocenters. The van der Waals surface area contributed by atoms with Crippen molar-refractivity contribution in [2.24, 2.45) is 5.10 Å². The van der Waals surface area contributed by atoms with Crippen molar-refractivity contribution in [2.75, 3.05) is 5.01 Å². The average Bonchev–Trinajstić information content (AvgIpc) is 3.32. The Morgan fingerprint density at radius 3 is 2.77 bits per heavy atom. The van der Waals surface area contributed by atoms with Crippen LogP contribution in [0.15, 0.2) is 76.4 Å². The molecule has 0 aliphatic rings. The van der Waals surface area contributed by atoms with Crippen molar-refractivity contribution in [3.05, 3.63) is 83.3 Å². The van der Waals surface area contributed by atoms with Crippen LogP contribution in [0.1, 0.15) is 16.1 Å². The van der Waals surface area contributed by atoms with Gasteiger partial charge in [-0.05, 0) is 35.9 Å². The molecule has 1 amide bonds. The zero-order valence-electron chi connectivity index (χ0n) is 13.4. The fourth-order valence-electron chi connectivity index (χ4n) is 2.33. The van der Waals surface area contributed by atoms with Crippen LogP contribution >= 0.6 is 22.9 Å². The Balaban J connectivity index is 1.76. The molecule has 7 heteroatoms. The molecule has 5 nitrogen and oxygen atoms in total. The molecule has 2 aromatic heterocycles. The van der Waals surface area contributed by atoms with Crippen molar-refractivity contribution in [2.45, 2.75) is 0 Å². The van der Waals surface area contributed by atoms with Gasteiger partial charge in [-0.2, -0.15) is 10.1 Å². The first kappa shape index (κ1) is 16.5. The van der Waals surface area contributed by atoms with Crippen LogP contribution in [0.3, 0.4) is 0 Å². The molecule has 0 spiro atoms. The zero-order chi connectivity index (χ0) is 17.9. The van der Waals surface area contributed by atoms with E-state index in [0.717, 1.165) is 15.8 Å². The third-order valence-electron chi connectivity index (χ3n) is 3.57. The Hall–Kier alpha value is -2.96. The summed E-state index contributed by atoms with van der Waals surface area (Å²) in [6.45, 7) is 0. The number of halogens is 1. The number of hydrogen-bond donors (Lipinski definition) is 0. The van der Waals surface area contributed by atoms with E-state index in [2.05, 4.69) is 10.1 Å². The maximum absolute atomic E-state index is 12.8. The molecule has 0 bridgehead atoms. The number of hydrazone groups is 1. The molecule has 4 rings (SSSR count). The molecule has 0 fully saturated rings. The van der Waals surface area contributed by atoms with Crippen molar-refractivity contribution in [3.8, 4) is 0 Å². The molecule has 2 heterocycles. The van der Waals surface area contributed by atoms with Crippen molar-refractivity contribution in [1.82, 2.24) is 4.98 Å². The molecule has 0 unspecified atom stereocenters. The SMILES string of the molecule is O=C(c1ccco1)N(/N=C\c1ccccc1)c1nc2ccc(Cl)cc2s1. The van der Waals surface area contributed by atoms with Crippen molar-refractivity contribution in [1.29, 1.82) is 0 Å². The van der Waals surface area contributed by atoms with Crippen LogP contribution in [0, 0.1) is 0 Å². The van der Waals surface area contributed by atoms with Crippen LogP contribution in [-0.4, -0.2) is 17.1 Å². The molecule has 4 aromatic rings. The second kappa shape index (κ2) is 7.11. The molecule has 0 aliphatic heterocycles. The van der Waals surface area contributed by atoms with Crippen LogP contribution in [-0.2, 0) is 0 Å². The van der Waals surface area contributed by atoms with Gasteiger partial charge in [0.05, 0.1) is 22.7 Å². The molecular weight excluding hydrogens is 370 g/mol. The number of carbonyl (C=O) groups is 1. The van der Waals surface area contributed by atoms with Gasteiger partial charge >= 0.3 is 5.91 Å². The van der Waals surface area contributed by atoms with E-state index in [-0.39, 0.29) is 5.76 Å². The highest BCUT2D eigenvalue weighted by Crippen LogP contribution is 2.31. The fraction of sp³-hybridized carbons (Fsp3) is 0. The van der Waals surface area contributed by atoms with E-state index in [4.69, 9.17) is 16.0 Å². The van der Waals surface area contributed by atoms with Gasteiger partial charge < -0.3 is 4.42 Å².